The molecule has 15 heavy (non-hydrogen) atoms. The van der Waals surface area contributed by atoms with Gasteiger partial charge < -0.3 is 10.2 Å². The van der Waals surface area contributed by atoms with Crippen LogP contribution in [0.2, 0.25) is 0 Å². The highest BCUT2D eigenvalue weighted by Crippen LogP contribution is 2.30. The highest BCUT2D eigenvalue weighted by atomic mass is 35.5. The number of alkyl halides is 1. The lowest BCUT2D eigenvalue weighted by Gasteiger charge is -2.34. The van der Waals surface area contributed by atoms with Crippen LogP contribution < -0.4 is 5.32 Å². The van der Waals surface area contributed by atoms with E-state index >= 15 is 0 Å². The molecule has 1 N–H and O–H groups in total. The highest BCUT2D eigenvalue weighted by molar-refractivity contribution is 6.22. The van der Waals surface area contributed by atoms with E-state index in [1.54, 1.807) is 0 Å². The van der Waals surface area contributed by atoms with E-state index in [1.165, 1.54) is 6.42 Å². The fourth-order valence-electron chi connectivity index (χ4n) is 2.48. The Balaban J connectivity index is 1.92. The van der Waals surface area contributed by atoms with Crippen LogP contribution in [0.1, 0.15) is 25.7 Å². The van der Waals surface area contributed by atoms with E-state index in [1.807, 2.05) is 4.90 Å². The normalized spacial score (nSPS) is 32.7. The van der Waals surface area contributed by atoms with Crippen molar-refractivity contribution in [2.75, 3.05) is 26.2 Å². The van der Waals surface area contributed by atoms with E-state index < -0.39 is 0 Å². The summed E-state index contributed by atoms with van der Waals surface area (Å²) in [5, 5.41) is 3.33. The van der Waals surface area contributed by atoms with E-state index in [2.05, 4.69) is 5.32 Å². The van der Waals surface area contributed by atoms with Crippen molar-refractivity contribution in [3.05, 3.63) is 0 Å². The lowest BCUT2D eigenvalue weighted by Crippen LogP contribution is -2.50. The molecule has 0 spiro atoms. The van der Waals surface area contributed by atoms with Crippen LogP contribution in [-0.2, 0) is 4.79 Å². The molecule has 2 atom stereocenters. The largest absolute Gasteiger partial charge is 0.340 e. The van der Waals surface area contributed by atoms with Crippen molar-refractivity contribution in [1.29, 1.82) is 0 Å². The second-order valence-electron chi connectivity index (χ2n) is 4.48. The van der Waals surface area contributed by atoms with Crippen LogP contribution in [0.5, 0.6) is 0 Å². The molecule has 0 aromatic rings. The zero-order valence-corrected chi connectivity index (χ0v) is 9.80. The van der Waals surface area contributed by atoms with E-state index in [0.717, 1.165) is 45.4 Å². The summed E-state index contributed by atoms with van der Waals surface area (Å²) >= 11 is 6.23. The Morgan fingerprint density at radius 2 is 1.87 bits per heavy atom. The molecule has 1 aliphatic heterocycles. The van der Waals surface area contributed by atoms with Gasteiger partial charge in [0.05, 0.1) is 5.92 Å². The van der Waals surface area contributed by atoms with Gasteiger partial charge in [-0.2, -0.15) is 0 Å². The molecule has 4 heteroatoms. The van der Waals surface area contributed by atoms with Crippen molar-refractivity contribution in [3.63, 3.8) is 0 Å². The van der Waals surface area contributed by atoms with Crippen molar-refractivity contribution >= 4 is 17.5 Å². The molecule has 0 aromatic carbocycles. The summed E-state index contributed by atoms with van der Waals surface area (Å²) in [6.07, 6.45) is 4.33. The molecule has 2 rings (SSSR count). The van der Waals surface area contributed by atoms with Crippen molar-refractivity contribution in [2.45, 2.75) is 31.1 Å². The second-order valence-corrected chi connectivity index (χ2v) is 5.04. The Morgan fingerprint density at radius 3 is 2.53 bits per heavy atom. The third kappa shape index (κ3) is 2.64. The van der Waals surface area contributed by atoms with Crippen LogP contribution in [0.4, 0.5) is 0 Å². The average Bonchev–Trinajstić information content (AvgIpc) is 2.30. The van der Waals surface area contributed by atoms with Gasteiger partial charge in [0.25, 0.3) is 0 Å². The number of halogens is 1. The molecule has 3 nitrogen and oxygen atoms in total. The minimum absolute atomic E-state index is 0.0705. The Labute approximate surface area is 96.2 Å². The van der Waals surface area contributed by atoms with Gasteiger partial charge in [-0.25, -0.2) is 0 Å². The predicted octanol–water partition coefficient (Wildman–Crippen LogP) is 1.22. The van der Waals surface area contributed by atoms with E-state index in [4.69, 9.17) is 11.6 Å². The number of carbonyl (C=O) groups excluding carboxylic acids is 1. The topological polar surface area (TPSA) is 32.3 Å². The lowest BCUT2D eigenvalue weighted by atomic mass is 9.87. The Kier molecular flexibility index (Phi) is 3.87. The summed E-state index contributed by atoms with van der Waals surface area (Å²) in [6, 6.07) is 0. The molecule has 0 radical (unpaired) electrons. The van der Waals surface area contributed by atoms with Crippen LogP contribution in [-0.4, -0.2) is 42.4 Å². The monoisotopic (exact) mass is 230 g/mol. The Morgan fingerprint density at radius 1 is 1.20 bits per heavy atom. The summed E-state index contributed by atoms with van der Waals surface area (Å²) < 4.78 is 0. The third-order valence-electron chi connectivity index (χ3n) is 3.43. The molecule has 1 saturated carbocycles. The van der Waals surface area contributed by atoms with Crippen LogP contribution in [0.25, 0.3) is 0 Å². The summed E-state index contributed by atoms with van der Waals surface area (Å²) in [5.74, 6) is 0.370. The lowest BCUT2D eigenvalue weighted by molar-refractivity contribution is -0.136. The fourth-order valence-corrected chi connectivity index (χ4v) is 2.87. The molecule has 2 unspecified atom stereocenters. The predicted molar refractivity (Wildman–Crippen MR) is 61.0 cm³/mol. The number of amides is 1. The van der Waals surface area contributed by atoms with Crippen molar-refractivity contribution in [1.82, 2.24) is 10.2 Å². The van der Waals surface area contributed by atoms with Gasteiger partial charge >= 0.3 is 0 Å². The molecule has 0 bridgehead atoms. The maximum atomic E-state index is 12.2. The molecule has 0 aromatic heterocycles. The minimum atomic E-state index is 0.0705. The van der Waals surface area contributed by atoms with E-state index in [0.29, 0.717) is 0 Å². The molecular weight excluding hydrogens is 212 g/mol. The number of hydrogen-bond donors (Lipinski definition) is 1. The quantitative estimate of drug-likeness (QED) is 0.687. The zero-order chi connectivity index (χ0) is 10.7. The molecule has 86 valence electrons. The standard InChI is InChI=1S/C11H19ClN2O/c12-10-4-2-1-3-9(10)11(15)14-7-5-13-6-8-14/h9-10,13H,1-8H2. The maximum Gasteiger partial charge on any atom is 0.227 e. The van der Waals surface area contributed by atoms with Gasteiger partial charge in [0.1, 0.15) is 0 Å². The van der Waals surface area contributed by atoms with Crippen LogP contribution in [0.15, 0.2) is 0 Å². The number of hydrogen-bond acceptors (Lipinski definition) is 2. The number of nitrogens with one attached hydrogen (secondary N) is 1. The third-order valence-corrected chi connectivity index (χ3v) is 3.95. The first-order valence-electron chi connectivity index (χ1n) is 5.92. The van der Waals surface area contributed by atoms with Crippen molar-refractivity contribution < 1.29 is 4.79 Å². The number of carbonyl (C=O) groups is 1. The summed E-state index contributed by atoms with van der Waals surface area (Å²) in [6.45, 7) is 3.54. The molecule has 2 fully saturated rings. The van der Waals surface area contributed by atoms with Gasteiger partial charge in [-0.3, -0.25) is 4.79 Å². The van der Waals surface area contributed by atoms with Gasteiger partial charge in [0.15, 0.2) is 0 Å². The molecule has 1 amide bonds. The van der Waals surface area contributed by atoms with Crippen molar-refractivity contribution in [2.24, 2.45) is 5.92 Å². The molecular formula is C11H19ClN2O. The van der Waals surface area contributed by atoms with E-state index in [9.17, 15) is 4.79 Å². The molecule has 1 aliphatic carbocycles. The SMILES string of the molecule is O=C(C1CCCCC1Cl)N1CCNCC1. The van der Waals surface area contributed by atoms with Gasteiger partial charge in [-0.05, 0) is 12.8 Å². The first-order valence-corrected chi connectivity index (χ1v) is 6.36. The van der Waals surface area contributed by atoms with Crippen LogP contribution in [0.3, 0.4) is 0 Å². The Hall–Kier alpha value is -0.280. The highest BCUT2D eigenvalue weighted by Gasteiger charge is 2.32. The number of nitrogens with zero attached hydrogens (tertiary/aromatic N) is 1. The van der Waals surface area contributed by atoms with E-state index in [-0.39, 0.29) is 17.2 Å². The Bertz CT molecular complexity index is 229. The zero-order valence-electron chi connectivity index (χ0n) is 9.04. The summed E-state index contributed by atoms with van der Waals surface area (Å²) in [5.41, 5.74) is 0. The number of piperazine rings is 1. The fraction of sp³-hybridized carbons (Fsp3) is 0.909. The molecule has 1 saturated heterocycles. The van der Waals surface area contributed by atoms with Crippen molar-refractivity contribution in [3.8, 4) is 0 Å². The smallest absolute Gasteiger partial charge is 0.227 e. The van der Waals surface area contributed by atoms with Gasteiger partial charge in [-0.1, -0.05) is 12.8 Å². The van der Waals surface area contributed by atoms with Gasteiger partial charge in [-0.15, -0.1) is 11.6 Å². The number of rotatable bonds is 1. The minimum Gasteiger partial charge on any atom is -0.340 e. The molecule has 1 heterocycles. The first-order chi connectivity index (χ1) is 7.29. The average molecular weight is 231 g/mol. The van der Waals surface area contributed by atoms with Crippen LogP contribution in [0, 0.1) is 5.92 Å². The molecule has 2 aliphatic rings. The maximum absolute atomic E-state index is 12.2. The summed E-state index contributed by atoms with van der Waals surface area (Å²) in [4.78, 5) is 14.2. The van der Waals surface area contributed by atoms with Gasteiger partial charge in [0, 0.05) is 31.6 Å². The van der Waals surface area contributed by atoms with Gasteiger partial charge in [0.2, 0.25) is 5.91 Å². The second kappa shape index (κ2) is 5.17. The van der Waals surface area contributed by atoms with Crippen LogP contribution >= 0.6 is 11.6 Å². The summed E-state index contributed by atoms with van der Waals surface area (Å²) in [7, 11) is 0. The first kappa shape index (κ1) is 11.2.